The molecule has 0 aliphatic carbocycles. The zero-order chi connectivity index (χ0) is 20.4. The van der Waals surface area contributed by atoms with Crippen LogP contribution in [-0.4, -0.2) is 24.5 Å². The van der Waals surface area contributed by atoms with Crippen molar-refractivity contribution in [2.45, 2.75) is 19.1 Å². The molecule has 1 unspecified atom stereocenters. The van der Waals surface area contributed by atoms with Gasteiger partial charge in [-0.15, -0.1) is 0 Å². The summed E-state index contributed by atoms with van der Waals surface area (Å²) in [6, 6.07) is 16.1. The molecule has 2 amide bonds. The molecule has 29 heavy (non-hydrogen) atoms. The minimum absolute atomic E-state index is 0.00586. The van der Waals surface area contributed by atoms with Gasteiger partial charge in [-0.05, 0) is 41.8 Å². The lowest BCUT2D eigenvalue weighted by atomic mass is 10.1. The van der Waals surface area contributed by atoms with Gasteiger partial charge in [-0.2, -0.15) is 8.78 Å². The molecular weight excluding hydrogens is 380 g/mol. The Bertz CT molecular complexity index is 1070. The van der Waals surface area contributed by atoms with E-state index in [1.54, 1.807) is 0 Å². The quantitative estimate of drug-likeness (QED) is 0.603. The minimum atomic E-state index is -2.91. The fraction of sp³-hybridized carbons (Fsp3) is 0.143. The van der Waals surface area contributed by atoms with Gasteiger partial charge < -0.3 is 20.7 Å². The number of halogens is 2. The molecule has 1 atom stereocenters. The summed E-state index contributed by atoms with van der Waals surface area (Å²) in [6.45, 7) is -2.91. The highest BCUT2D eigenvalue weighted by molar-refractivity contribution is 6.13. The Morgan fingerprint density at radius 1 is 1.03 bits per heavy atom. The molecule has 0 aromatic heterocycles. The van der Waals surface area contributed by atoms with Gasteiger partial charge in [0.15, 0.2) is 0 Å². The molecule has 0 fully saturated rings. The van der Waals surface area contributed by atoms with Crippen LogP contribution in [0.15, 0.2) is 60.7 Å². The number of hydrogen-bond donors (Lipinski definition) is 3. The Balaban J connectivity index is 1.46. The van der Waals surface area contributed by atoms with Crippen LogP contribution in [0.4, 0.5) is 25.8 Å². The van der Waals surface area contributed by atoms with Crippen molar-refractivity contribution in [3.8, 4) is 5.75 Å². The van der Waals surface area contributed by atoms with Crippen molar-refractivity contribution in [2.75, 3.05) is 16.0 Å². The first-order chi connectivity index (χ1) is 14.0. The van der Waals surface area contributed by atoms with E-state index in [1.165, 1.54) is 24.3 Å². The van der Waals surface area contributed by atoms with Crippen molar-refractivity contribution < 1.29 is 23.1 Å². The summed E-state index contributed by atoms with van der Waals surface area (Å²) in [5.74, 6) is -0.712. The Hall–Kier alpha value is -3.68. The third-order valence-corrected chi connectivity index (χ3v) is 4.56. The van der Waals surface area contributed by atoms with Gasteiger partial charge in [-0.3, -0.25) is 9.59 Å². The van der Waals surface area contributed by atoms with Gasteiger partial charge in [0.25, 0.3) is 0 Å². The Labute approximate surface area is 164 Å². The van der Waals surface area contributed by atoms with Crippen LogP contribution in [0.2, 0.25) is 0 Å². The molecule has 148 valence electrons. The molecule has 3 aromatic carbocycles. The van der Waals surface area contributed by atoms with E-state index in [1.807, 2.05) is 36.4 Å². The van der Waals surface area contributed by atoms with Crippen LogP contribution in [0.1, 0.15) is 6.42 Å². The lowest BCUT2D eigenvalue weighted by Crippen LogP contribution is -2.36. The fourth-order valence-corrected chi connectivity index (χ4v) is 3.30. The maximum absolute atomic E-state index is 12.6. The van der Waals surface area contributed by atoms with E-state index in [0.29, 0.717) is 11.4 Å². The van der Waals surface area contributed by atoms with Gasteiger partial charge in [0.2, 0.25) is 11.8 Å². The van der Waals surface area contributed by atoms with Crippen molar-refractivity contribution in [3.05, 3.63) is 60.7 Å². The van der Waals surface area contributed by atoms with E-state index < -0.39 is 18.6 Å². The summed E-state index contributed by atoms with van der Waals surface area (Å²) in [6.07, 6.45) is -0.106. The Kier molecular flexibility index (Phi) is 4.99. The summed E-state index contributed by atoms with van der Waals surface area (Å²) in [4.78, 5) is 25.1. The largest absolute Gasteiger partial charge is 0.435 e. The molecule has 3 N–H and O–H groups in total. The summed E-state index contributed by atoms with van der Waals surface area (Å²) in [7, 11) is 0. The molecular formula is C21H17F2N3O3. The predicted octanol–water partition coefficient (Wildman–Crippen LogP) is 4.20. The molecule has 1 aliphatic heterocycles. The highest BCUT2D eigenvalue weighted by atomic mass is 19.3. The molecule has 0 bridgehead atoms. The number of amides is 2. The molecule has 0 saturated heterocycles. The molecule has 1 aliphatic rings. The maximum atomic E-state index is 12.6. The molecule has 0 saturated carbocycles. The first-order valence-electron chi connectivity index (χ1n) is 8.93. The molecule has 8 heteroatoms. The highest BCUT2D eigenvalue weighted by Crippen LogP contribution is 2.33. The number of anilines is 3. The Morgan fingerprint density at radius 2 is 1.72 bits per heavy atom. The van der Waals surface area contributed by atoms with Crippen molar-refractivity contribution in [1.82, 2.24) is 0 Å². The van der Waals surface area contributed by atoms with Crippen LogP contribution < -0.4 is 20.7 Å². The van der Waals surface area contributed by atoms with Gasteiger partial charge in [0.1, 0.15) is 11.8 Å². The summed E-state index contributed by atoms with van der Waals surface area (Å²) < 4.78 is 28.7. The molecule has 0 spiro atoms. The van der Waals surface area contributed by atoms with Gasteiger partial charge in [0.05, 0.1) is 12.1 Å². The number of nitrogens with one attached hydrogen (secondary N) is 3. The van der Waals surface area contributed by atoms with E-state index in [9.17, 15) is 18.4 Å². The van der Waals surface area contributed by atoms with E-state index >= 15 is 0 Å². The van der Waals surface area contributed by atoms with Crippen LogP contribution >= 0.6 is 0 Å². The smallest absolute Gasteiger partial charge is 0.387 e. The van der Waals surface area contributed by atoms with Crippen LogP contribution in [0.5, 0.6) is 5.75 Å². The molecule has 1 heterocycles. The first-order valence-corrected chi connectivity index (χ1v) is 8.93. The summed E-state index contributed by atoms with van der Waals surface area (Å²) >= 11 is 0. The third-order valence-electron chi connectivity index (χ3n) is 4.56. The van der Waals surface area contributed by atoms with Crippen LogP contribution in [0.3, 0.4) is 0 Å². The van der Waals surface area contributed by atoms with Crippen LogP contribution in [-0.2, 0) is 9.59 Å². The average Bonchev–Trinajstić information content (AvgIpc) is 2.81. The van der Waals surface area contributed by atoms with Gasteiger partial charge in [-0.25, -0.2) is 0 Å². The van der Waals surface area contributed by atoms with E-state index in [0.717, 1.165) is 16.5 Å². The Morgan fingerprint density at radius 3 is 2.41 bits per heavy atom. The monoisotopic (exact) mass is 397 g/mol. The third kappa shape index (κ3) is 4.11. The van der Waals surface area contributed by atoms with Crippen molar-refractivity contribution in [2.24, 2.45) is 0 Å². The lowest BCUT2D eigenvalue weighted by Gasteiger charge is -2.16. The SMILES string of the molecule is O=C(CC1Nc2cccc3cccc(c23)NC1=O)Nc1ccc(OC(F)F)cc1. The van der Waals surface area contributed by atoms with E-state index in [-0.39, 0.29) is 18.1 Å². The first kappa shape index (κ1) is 18.7. The molecule has 0 radical (unpaired) electrons. The van der Waals surface area contributed by atoms with Gasteiger partial charge >= 0.3 is 6.61 Å². The lowest BCUT2D eigenvalue weighted by molar-refractivity contribution is -0.121. The van der Waals surface area contributed by atoms with Crippen LogP contribution in [0, 0.1) is 0 Å². The second kappa shape index (κ2) is 7.75. The number of hydrogen-bond acceptors (Lipinski definition) is 4. The molecule has 4 rings (SSSR count). The minimum Gasteiger partial charge on any atom is -0.435 e. The number of ether oxygens (including phenoxy) is 1. The molecule has 6 nitrogen and oxygen atoms in total. The summed E-state index contributed by atoms with van der Waals surface area (Å²) in [5.41, 5.74) is 1.87. The second-order valence-corrected chi connectivity index (χ2v) is 6.55. The second-order valence-electron chi connectivity index (χ2n) is 6.55. The number of carbonyl (C=O) groups is 2. The normalized spacial score (nSPS) is 15.4. The number of benzene rings is 3. The predicted molar refractivity (Wildman–Crippen MR) is 106 cm³/mol. The van der Waals surface area contributed by atoms with E-state index in [4.69, 9.17) is 0 Å². The summed E-state index contributed by atoms with van der Waals surface area (Å²) in [5, 5.41) is 10.5. The zero-order valence-electron chi connectivity index (χ0n) is 15.1. The van der Waals surface area contributed by atoms with Crippen LogP contribution in [0.25, 0.3) is 10.8 Å². The van der Waals surface area contributed by atoms with E-state index in [2.05, 4.69) is 20.7 Å². The zero-order valence-corrected chi connectivity index (χ0v) is 15.1. The van der Waals surface area contributed by atoms with Crippen molar-refractivity contribution >= 4 is 39.6 Å². The number of carbonyl (C=O) groups excluding carboxylic acids is 2. The fourth-order valence-electron chi connectivity index (χ4n) is 3.30. The van der Waals surface area contributed by atoms with Crippen molar-refractivity contribution in [3.63, 3.8) is 0 Å². The van der Waals surface area contributed by atoms with Gasteiger partial charge in [0, 0.05) is 16.8 Å². The van der Waals surface area contributed by atoms with Crippen molar-refractivity contribution in [1.29, 1.82) is 0 Å². The molecule has 3 aromatic rings. The average molecular weight is 397 g/mol. The standard InChI is InChI=1S/C21H17F2N3O3/c22-21(23)29-14-9-7-13(8-10-14)24-18(27)11-17-20(28)26-16-6-2-4-12-3-1-5-15(25-17)19(12)16/h1-10,17,21,25H,11H2,(H,24,27)(H,26,28). The topological polar surface area (TPSA) is 79.5 Å². The number of rotatable bonds is 5. The maximum Gasteiger partial charge on any atom is 0.387 e. The highest BCUT2D eigenvalue weighted by Gasteiger charge is 2.26. The van der Waals surface area contributed by atoms with Gasteiger partial charge in [-0.1, -0.05) is 24.3 Å². The number of alkyl halides is 2.